The van der Waals surface area contributed by atoms with Gasteiger partial charge in [-0.15, -0.1) is 28.8 Å². The highest BCUT2D eigenvalue weighted by molar-refractivity contribution is 7.13. The molecule has 0 atom stereocenters. The second-order valence-corrected chi connectivity index (χ2v) is 10.2. The molecule has 1 aliphatic rings. The van der Waals surface area contributed by atoms with Gasteiger partial charge in [0.15, 0.2) is 5.82 Å². The third-order valence-corrected chi connectivity index (χ3v) is 7.39. The SMILES string of the molecule is CCOC1CCC(n2cc(NC(=O)c3csc(-c4cnn(OC(=O)CNC)c4)n3)c(-c3nc(F)ccc3F)n2)CC1.Cl. The van der Waals surface area contributed by atoms with Crippen molar-refractivity contribution in [3.05, 3.63) is 53.6 Å². The van der Waals surface area contributed by atoms with Crippen LogP contribution in [0.4, 0.5) is 14.5 Å². The van der Waals surface area contributed by atoms with E-state index in [0.717, 1.165) is 42.7 Å². The number of likely N-dealkylation sites (N-methyl/N-ethyl adjacent to an activating group) is 1. The van der Waals surface area contributed by atoms with Gasteiger partial charge in [0.1, 0.15) is 22.1 Å². The Morgan fingerprint density at radius 3 is 2.64 bits per heavy atom. The Morgan fingerprint density at radius 2 is 1.90 bits per heavy atom. The number of halogens is 3. The van der Waals surface area contributed by atoms with Crippen LogP contribution in [0.15, 0.2) is 36.1 Å². The molecule has 0 bridgehead atoms. The Labute approximate surface area is 249 Å². The van der Waals surface area contributed by atoms with Gasteiger partial charge in [-0.25, -0.2) is 19.2 Å². The minimum absolute atomic E-state index is 0. The van der Waals surface area contributed by atoms with Crippen molar-refractivity contribution in [2.45, 2.75) is 44.8 Å². The van der Waals surface area contributed by atoms with Crippen molar-refractivity contribution in [2.75, 3.05) is 25.5 Å². The molecule has 0 saturated heterocycles. The van der Waals surface area contributed by atoms with E-state index in [1.165, 1.54) is 23.7 Å². The van der Waals surface area contributed by atoms with Crippen LogP contribution in [0.5, 0.6) is 0 Å². The Hall–Kier alpha value is -3.79. The van der Waals surface area contributed by atoms with Crippen molar-refractivity contribution in [2.24, 2.45) is 0 Å². The molecule has 4 aromatic heterocycles. The fourth-order valence-corrected chi connectivity index (χ4v) is 5.36. The summed E-state index contributed by atoms with van der Waals surface area (Å²) in [7, 11) is 1.62. The molecule has 224 valence electrons. The molecule has 0 radical (unpaired) electrons. The van der Waals surface area contributed by atoms with E-state index >= 15 is 0 Å². The molecule has 2 N–H and O–H groups in total. The predicted molar refractivity (Wildman–Crippen MR) is 152 cm³/mol. The zero-order valence-electron chi connectivity index (χ0n) is 22.8. The summed E-state index contributed by atoms with van der Waals surface area (Å²) in [6.07, 6.45) is 7.96. The maximum absolute atomic E-state index is 14.7. The average molecular weight is 623 g/mol. The van der Waals surface area contributed by atoms with Crippen molar-refractivity contribution in [3.8, 4) is 22.0 Å². The largest absolute Gasteiger partial charge is 0.379 e. The molecule has 4 heterocycles. The van der Waals surface area contributed by atoms with Crippen LogP contribution in [-0.2, 0) is 9.53 Å². The Kier molecular flexibility index (Phi) is 10.3. The number of thiazole rings is 1. The number of nitrogens with one attached hydrogen (secondary N) is 2. The van der Waals surface area contributed by atoms with Gasteiger partial charge in [0, 0.05) is 18.2 Å². The highest BCUT2D eigenvalue weighted by Crippen LogP contribution is 2.34. The van der Waals surface area contributed by atoms with Gasteiger partial charge in [0.2, 0.25) is 5.95 Å². The minimum Gasteiger partial charge on any atom is -0.379 e. The van der Waals surface area contributed by atoms with Crippen molar-refractivity contribution >= 4 is 41.3 Å². The van der Waals surface area contributed by atoms with Crippen molar-refractivity contribution < 1.29 is 27.9 Å². The monoisotopic (exact) mass is 622 g/mol. The van der Waals surface area contributed by atoms with E-state index in [9.17, 15) is 18.4 Å². The minimum atomic E-state index is -0.869. The number of hydrogen-bond acceptors (Lipinski definition) is 10. The zero-order chi connectivity index (χ0) is 28.9. The van der Waals surface area contributed by atoms with Gasteiger partial charge in [-0.3, -0.25) is 9.48 Å². The summed E-state index contributed by atoms with van der Waals surface area (Å²) in [6, 6.07) is 1.89. The van der Waals surface area contributed by atoms with Crippen molar-refractivity contribution in [1.29, 1.82) is 0 Å². The molecular formula is C26H29ClF2N8O4S. The van der Waals surface area contributed by atoms with E-state index in [1.807, 2.05) is 6.92 Å². The molecular weight excluding hydrogens is 594 g/mol. The first-order valence-electron chi connectivity index (χ1n) is 13.1. The number of aromatic nitrogens is 6. The number of ether oxygens (including phenoxy) is 1. The molecule has 1 fully saturated rings. The summed E-state index contributed by atoms with van der Waals surface area (Å²) in [6.45, 7) is 2.62. The molecule has 0 unspecified atom stereocenters. The lowest BCUT2D eigenvalue weighted by Crippen LogP contribution is -2.29. The number of hydrogen-bond donors (Lipinski definition) is 2. The summed E-state index contributed by atoms with van der Waals surface area (Å²) >= 11 is 1.19. The van der Waals surface area contributed by atoms with Crippen LogP contribution < -0.4 is 15.5 Å². The quantitative estimate of drug-likeness (QED) is 0.252. The summed E-state index contributed by atoms with van der Waals surface area (Å²) in [5, 5.41) is 16.0. The molecule has 5 rings (SSSR count). The number of pyridine rings is 1. The van der Waals surface area contributed by atoms with Gasteiger partial charge in [-0.05, 0) is 51.8 Å². The van der Waals surface area contributed by atoms with Gasteiger partial charge in [-0.1, -0.05) is 4.85 Å². The first kappa shape index (κ1) is 31.2. The Bertz CT molecular complexity index is 1540. The van der Waals surface area contributed by atoms with Gasteiger partial charge in [0.25, 0.3) is 5.91 Å². The molecule has 42 heavy (non-hydrogen) atoms. The van der Waals surface area contributed by atoms with Crippen molar-refractivity contribution in [3.63, 3.8) is 0 Å². The molecule has 0 aliphatic heterocycles. The Morgan fingerprint density at radius 1 is 1.12 bits per heavy atom. The van der Waals surface area contributed by atoms with Gasteiger partial charge >= 0.3 is 5.97 Å². The Balaban J connectivity index is 0.00000405. The number of nitrogens with zero attached hydrogens (tertiary/aromatic N) is 6. The predicted octanol–water partition coefficient (Wildman–Crippen LogP) is 3.91. The molecule has 4 aromatic rings. The van der Waals surface area contributed by atoms with Gasteiger partial charge in [0.05, 0.1) is 42.3 Å². The average Bonchev–Trinajstić information content (AvgIpc) is 3.71. The standard InChI is InChI=1S/C26H28F2N8O4S.ClH/c1-3-39-17-6-4-16(5-7-17)35-13-19(24(34-35)23-18(27)8-9-21(28)33-23)31-25(38)20-14-41-26(32-20)15-10-30-36(12-15)40-22(37)11-29-2;/h8-10,12-14,16-17,29H,3-7,11H2,1-2H3,(H,31,38);1H. The molecule has 16 heteroatoms. The fourth-order valence-electron chi connectivity index (χ4n) is 4.58. The van der Waals surface area contributed by atoms with Crippen LogP contribution in [0, 0.1) is 11.8 Å². The number of amides is 1. The lowest BCUT2D eigenvalue weighted by molar-refractivity contribution is -0.144. The van der Waals surface area contributed by atoms with Crippen LogP contribution in [0.3, 0.4) is 0 Å². The highest BCUT2D eigenvalue weighted by atomic mass is 35.5. The smallest absolute Gasteiger partial charge is 0.348 e. The first-order chi connectivity index (χ1) is 19.8. The fraction of sp³-hybridized carbons (Fsp3) is 0.385. The van der Waals surface area contributed by atoms with Crippen LogP contribution >= 0.6 is 23.7 Å². The number of rotatable bonds is 10. The lowest BCUT2D eigenvalue weighted by Gasteiger charge is -2.28. The lowest BCUT2D eigenvalue weighted by atomic mass is 9.93. The molecule has 0 spiro atoms. The number of carbonyl (C=O) groups excluding carboxylic acids is 2. The third kappa shape index (κ3) is 7.15. The summed E-state index contributed by atoms with van der Waals surface area (Å²) < 4.78 is 36.1. The summed E-state index contributed by atoms with van der Waals surface area (Å²) in [5.41, 5.74) is 0.517. The maximum Gasteiger partial charge on any atom is 0.348 e. The number of carbonyl (C=O) groups is 2. The zero-order valence-corrected chi connectivity index (χ0v) is 24.4. The number of anilines is 1. The third-order valence-electron chi connectivity index (χ3n) is 6.50. The molecule has 1 aliphatic carbocycles. The van der Waals surface area contributed by atoms with Gasteiger partial charge < -0.3 is 20.2 Å². The van der Waals surface area contributed by atoms with Crippen LogP contribution in [0.2, 0.25) is 0 Å². The highest BCUT2D eigenvalue weighted by Gasteiger charge is 2.27. The summed E-state index contributed by atoms with van der Waals surface area (Å²) in [5.74, 6) is -2.73. The van der Waals surface area contributed by atoms with E-state index in [1.54, 1.807) is 23.3 Å². The van der Waals surface area contributed by atoms with E-state index in [2.05, 4.69) is 30.8 Å². The van der Waals surface area contributed by atoms with Gasteiger partial charge in [-0.2, -0.15) is 9.49 Å². The van der Waals surface area contributed by atoms with E-state index in [0.29, 0.717) is 17.2 Å². The van der Waals surface area contributed by atoms with Crippen molar-refractivity contribution in [1.82, 2.24) is 35.0 Å². The van der Waals surface area contributed by atoms with Crippen LogP contribution in [-0.4, -0.2) is 67.9 Å². The van der Waals surface area contributed by atoms with Crippen LogP contribution in [0.1, 0.15) is 49.1 Å². The molecule has 0 aromatic carbocycles. The van der Waals surface area contributed by atoms with E-state index < -0.39 is 23.6 Å². The molecule has 1 amide bonds. The molecule has 12 nitrogen and oxygen atoms in total. The van der Waals surface area contributed by atoms with E-state index in [-0.39, 0.29) is 53.9 Å². The maximum atomic E-state index is 14.7. The normalized spacial score (nSPS) is 16.6. The van der Waals surface area contributed by atoms with Crippen LogP contribution in [0.25, 0.3) is 22.0 Å². The first-order valence-corrected chi connectivity index (χ1v) is 13.9. The molecule has 1 saturated carbocycles. The van der Waals surface area contributed by atoms with E-state index in [4.69, 9.17) is 9.57 Å². The second kappa shape index (κ2) is 13.9. The topological polar surface area (TPSA) is 138 Å². The second-order valence-electron chi connectivity index (χ2n) is 9.34. The summed E-state index contributed by atoms with van der Waals surface area (Å²) in [4.78, 5) is 39.0.